The lowest BCUT2D eigenvalue weighted by Crippen LogP contribution is -2.22. The molecule has 0 aliphatic carbocycles. The number of aryl methyl sites for hydroxylation is 2. The molecule has 0 aliphatic rings. The van der Waals surface area contributed by atoms with Gasteiger partial charge in [0.15, 0.2) is 5.96 Å². The predicted molar refractivity (Wildman–Crippen MR) is 90.7 cm³/mol. The Morgan fingerprint density at radius 2 is 1.95 bits per heavy atom. The van der Waals surface area contributed by atoms with E-state index >= 15 is 0 Å². The fourth-order valence-corrected chi connectivity index (χ4v) is 2.38. The van der Waals surface area contributed by atoms with Crippen molar-refractivity contribution in [2.24, 2.45) is 10.7 Å². The zero-order valence-electron chi connectivity index (χ0n) is 12.9. The van der Waals surface area contributed by atoms with Crippen molar-refractivity contribution in [2.45, 2.75) is 20.4 Å². The summed E-state index contributed by atoms with van der Waals surface area (Å²) in [5, 5.41) is 3.54. The summed E-state index contributed by atoms with van der Waals surface area (Å²) < 4.78 is 5.01. The van der Waals surface area contributed by atoms with Crippen molar-refractivity contribution in [3.8, 4) is 5.88 Å². The van der Waals surface area contributed by atoms with Crippen LogP contribution in [0.3, 0.4) is 0 Å². The average Bonchev–Trinajstić information content (AvgIpc) is 2.44. The molecule has 0 saturated heterocycles. The van der Waals surface area contributed by atoms with Gasteiger partial charge in [0, 0.05) is 11.9 Å². The number of methoxy groups -OCH3 is 1. The third-order valence-corrected chi connectivity index (χ3v) is 3.25. The number of halogens is 1. The van der Waals surface area contributed by atoms with Crippen molar-refractivity contribution < 1.29 is 4.74 Å². The molecule has 0 amide bonds. The summed E-state index contributed by atoms with van der Waals surface area (Å²) in [6.45, 7) is 4.47. The summed E-state index contributed by atoms with van der Waals surface area (Å²) in [6.07, 6.45) is 1.66. The van der Waals surface area contributed by atoms with Gasteiger partial charge in [0.25, 0.3) is 0 Å². The number of benzene rings is 1. The Hall–Kier alpha value is -2.27. The van der Waals surface area contributed by atoms with Gasteiger partial charge in [0.05, 0.1) is 13.7 Å². The highest BCUT2D eigenvalue weighted by atomic mass is 35.5. The molecule has 116 valence electrons. The number of guanidine groups is 1. The lowest BCUT2D eigenvalue weighted by atomic mass is 10.1. The molecule has 0 aliphatic heterocycles. The van der Waals surface area contributed by atoms with Crippen LogP contribution in [0, 0.1) is 13.8 Å². The number of hydrogen-bond acceptors (Lipinski definition) is 3. The maximum Gasteiger partial charge on any atom is 0.232 e. The van der Waals surface area contributed by atoms with Crippen molar-refractivity contribution in [1.82, 2.24) is 4.98 Å². The Bertz CT molecular complexity index is 680. The number of rotatable bonds is 4. The van der Waals surface area contributed by atoms with Crippen LogP contribution in [0.5, 0.6) is 5.88 Å². The average molecular weight is 319 g/mol. The van der Waals surface area contributed by atoms with E-state index in [-0.39, 0.29) is 0 Å². The highest BCUT2D eigenvalue weighted by molar-refractivity contribution is 6.31. The van der Waals surface area contributed by atoms with Crippen molar-refractivity contribution in [2.75, 3.05) is 12.4 Å². The topological polar surface area (TPSA) is 72.5 Å². The van der Waals surface area contributed by atoms with E-state index in [0.717, 1.165) is 11.3 Å². The Labute approximate surface area is 135 Å². The lowest BCUT2D eigenvalue weighted by Gasteiger charge is -2.08. The van der Waals surface area contributed by atoms with E-state index in [9.17, 15) is 0 Å². The van der Waals surface area contributed by atoms with Crippen LogP contribution in [-0.4, -0.2) is 18.1 Å². The molecule has 1 heterocycles. The van der Waals surface area contributed by atoms with Crippen LogP contribution in [0.1, 0.15) is 16.7 Å². The molecule has 6 heteroatoms. The molecule has 3 N–H and O–H groups in total. The van der Waals surface area contributed by atoms with Gasteiger partial charge in [-0.25, -0.2) is 9.98 Å². The van der Waals surface area contributed by atoms with Gasteiger partial charge < -0.3 is 15.8 Å². The van der Waals surface area contributed by atoms with E-state index in [1.165, 1.54) is 18.2 Å². The molecular weight excluding hydrogens is 300 g/mol. The largest absolute Gasteiger partial charge is 0.480 e. The monoisotopic (exact) mass is 318 g/mol. The van der Waals surface area contributed by atoms with Gasteiger partial charge in [0.2, 0.25) is 5.88 Å². The molecule has 1 aromatic heterocycles. The molecule has 0 fully saturated rings. The Morgan fingerprint density at radius 1 is 1.27 bits per heavy atom. The highest BCUT2D eigenvalue weighted by Gasteiger charge is 2.03. The summed E-state index contributed by atoms with van der Waals surface area (Å²) in [5.74, 6) is 0.743. The molecule has 2 aromatic rings. The molecule has 22 heavy (non-hydrogen) atoms. The second kappa shape index (κ2) is 7.13. The summed E-state index contributed by atoms with van der Waals surface area (Å²) in [7, 11) is 1.53. The molecule has 0 unspecified atom stereocenters. The maximum atomic E-state index is 6.03. The van der Waals surface area contributed by atoms with Crippen LogP contribution in [0.15, 0.2) is 35.5 Å². The smallest absolute Gasteiger partial charge is 0.232 e. The normalized spacial score (nSPS) is 11.4. The first-order valence-electron chi connectivity index (χ1n) is 6.81. The number of aromatic nitrogens is 1. The summed E-state index contributed by atoms with van der Waals surface area (Å²) in [5.41, 5.74) is 10.0. The number of nitrogens with one attached hydrogen (secondary N) is 1. The number of nitrogens with zero attached hydrogens (tertiary/aromatic N) is 2. The lowest BCUT2D eigenvalue weighted by molar-refractivity contribution is 0.398. The van der Waals surface area contributed by atoms with Crippen LogP contribution in [0.4, 0.5) is 5.69 Å². The van der Waals surface area contributed by atoms with Crippen molar-refractivity contribution >= 4 is 23.2 Å². The first-order valence-corrected chi connectivity index (χ1v) is 7.19. The van der Waals surface area contributed by atoms with Gasteiger partial charge in [-0.15, -0.1) is 0 Å². The van der Waals surface area contributed by atoms with Gasteiger partial charge in [-0.3, -0.25) is 0 Å². The van der Waals surface area contributed by atoms with Crippen LogP contribution in [-0.2, 0) is 6.54 Å². The fraction of sp³-hybridized carbons (Fsp3) is 0.250. The quantitative estimate of drug-likeness (QED) is 0.670. The third-order valence-electron chi connectivity index (χ3n) is 2.98. The minimum absolute atomic E-state index is 0.344. The molecule has 0 spiro atoms. The first kappa shape index (κ1) is 16.1. The summed E-state index contributed by atoms with van der Waals surface area (Å²) in [4.78, 5) is 8.39. The van der Waals surface area contributed by atoms with Crippen molar-refractivity contribution in [3.05, 3.63) is 52.2 Å². The maximum absolute atomic E-state index is 6.03. The molecule has 0 bridgehead atoms. The van der Waals surface area contributed by atoms with Crippen molar-refractivity contribution in [1.29, 1.82) is 0 Å². The fourth-order valence-electron chi connectivity index (χ4n) is 2.11. The second-order valence-corrected chi connectivity index (χ2v) is 5.44. The van der Waals surface area contributed by atoms with E-state index in [1.807, 2.05) is 26.0 Å². The number of nitrogens with two attached hydrogens (primary N) is 1. The van der Waals surface area contributed by atoms with E-state index in [1.54, 1.807) is 12.3 Å². The van der Waals surface area contributed by atoms with Gasteiger partial charge in [-0.1, -0.05) is 17.7 Å². The van der Waals surface area contributed by atoms with Gasteiger partial charge >= 0.3 is 0 Å². The second-order valence-electron chi connectivity index (χ2n) is 5.04. The summed E-state index contributed by atoms with van der Waals surface area (Å²) >= 11 is 6.03. The molecule has 0 atom stereocenters. The Morgan fingerprint density at radius 3 is 2.55 bits per heavy atom. The van der Waals surface area contributed by atoms with Crippen LogP contribution >= 0.6 is 11.6 Å². The van der Waals surface area contributed by atoms with Crippen LogP contribution in [0.25, 0.3) is 0 Å². The number of aliphatic imine (C=N–C) groups is 1. The minimum Gasteiger partial charge on any atom is -0.480 e. The van der Waals surface area contributed by atoms with E-state index in [4.69, 9.17) is 22.1 Å². The van der Waals surface area contributed by atoms with Gasteiger partial charge in [-0.05, 0) is 48.7 Å². The number of hydrogen-bond donors (Lipinski definition) is 2. The van der Waals surface area contributed by atoms with E-state index in [2.05, 4.69) is 21.4 Å². The molecule has 0 saturated carbocycles. The van der Waals surface area contributed by atoms with Crippen molar-refractivity contribution in [3.63, 3.8) is 0 Å². The Balaban J connectivity index is 2.04. The zero-order chi connectivity index (χ0) is 16.1. The molecule has 2 rings (SSSR count). The molecule has 1 aromatic carbocycles. The molecule has 5 nitrogen and oxygen atoms in total. The number of anilines is 1. The third kappa shape index (κ3) is 4.36. The predicted octanol–water partition coefficient (Wildman–Crippen LogP) is 3.29. The number of pyridine rings is 1. The van der Waals surface area contributed by atoms with Crippen LogP contribution < -0.4 is 15.8 Å². The zero-order valence-corrected chi connectivity index (χ0v) is 13.6. The SMILES string of the molecule is COc1ncc(CN=C(N)Nc2cc(C)cc(C)c2)cc1Cl. The molecular formula is C16H19ClN4O. The number of ether oxygens (including phenoxy) is 1. The molecule has 0 radical (unpaired) electrons. The standard InChI is InChI=1S/C16H19ClN4O/c1-10-4-11(2)6-13(5-10)21-16(18)20-9-12-7-14(17)15(22-3)19-8-12/h4-8H,9H2,1-3H3,(H3,18,20,21). The van der Waals surface area contributed by atoms with Crippen LogP contribution in [0.2, 0.25) is 5.02 Å². The van der Waals surface area contributed by atoms with Gasteiger partial charge in [-0.2, -0.15) is 0 Å². The van der Waals surface area contributed by atoms with Gasteiger partial charge in [0.1, 0.15) is 5.02 Å². The van der Waals surface area contributed by atoms with E-state index in [0.29, 0.717) is 23.4 Å². The van der Waals surface area contributed by atoms with E-state index < -0.39 is 0 Å². The minimum atomic E-state index is 0.344. The summed E-state index contributed by atoms with van der Waals surface area (Å²) in [6, 6.07) is 7.90. The highest BCUT2D eigenvalue weighted by Crippen LogP contribution is 2.22. The first-order chi connectivity index (χ1) is 10.5. The Kier molecular flexibility index (Phi) is 5.22.